The van der Waals surface area contributed by atoms with E-state index in [9.17, 15) is 5.11 Å². The van der Waals surface area contributed by atoms with Gasteiger partial charge in [0.1, 0.15) is 12.2 Å². The highest BCUT2D eigenvalue weighted by Crippen LogP contribution is 2.31. The molecule has 1 aliphatic rings. The van der Waals surface area contributed by atoms with Gasteiger partial charge in [-0.05, 0) is 18.1 Å². The Kier molecular flexibility index (Phi) is 6.80. The number of rotatable bonds is 7. The highest BCUT2D eigenvalue weighted by molar-refractivity contribution is 5.14. The van der Waals surface area contributed by atoms with Crippen LogP contribution in [0, 0.1) is 5.92 Å². The van der Waals surface area contributed by atoms with Crippen molar-refractivity contribution in [1.29, 1.82) is 0 Å². The van der Waals surface area contributed by atoms with Crippen LogP contribution in [-0.2, 0) is 27.4 Å². The molecule has 0 aliphatic carbocycles. The molecule has 0 amide bonds. The first kappa shape index (κ1) is 19.1. The number of hydrogen-bond acceptors (Lipinski definition) is 4. The Bertz CT molecular complexity index is 602. The van der Waals surface area contributed by atoms with Crippen molar-refractivity contribution < 1.29 is 19.3 Å². The molecule has 0 saturated carbocycles. The van der Waals surface area contributed by atoms with Gasteiger partial charge in [0.05, 0.1) is 32.0 Å². The van der Waals surface area contributed by atoms with Gasteiger partial charge < -0.3 is 19.3 Å². The van der Waals surface area contributed by atoms with Gasteiger partial charge in [0.2, 0.25) is 0 Å². The van der Waals surface area contributed by atoms with Crippen molar-refractivity contribution in [2.24, 2.45) is 5.92 Å². The fraction of sp³-hybridized carbons (Fsp3) is 0.455. The molecule has 5 atom stereocenters. The van der Waals surface area contributed by atoms with Crippen LogP contribution >= 0.6 is 0 Å². The van der Waals surface area contributed by atoms with Gasteiger partial charge in [0, 0.05) is 5.92 Å². The molecule has 2 unspecified atom stereocenters. The highest BCUT2D eigenvalue weighted by atomic mass is 16.6. The maximum atomic E-state index is 9.81. The lowest BCUT2D eigenvalue weighted by Gasteiger charge is -2.44. The predicted molar refractivity (Wildman–Crippen MR) is 101 cm³/mol. The van der Waals surface area contributed by atoms with Crippen LogP contribution < -0.4 is 0 Å². The zero-order chi connectivity index (χ0) is 18.4. The third-order valence-corrected chi connectivity index (χ3v) is 5.09. The molecule has 3 rings (SSSR count). The van der Waals surface area contributed by atoms with E-state index < -0.39 is 0 Å². The summed E-state index contributed by atoms with van der Waals surface area (Å²) in [6.07, 6.45) is -0.829. The summed E-state index contributed by atoms with van der Waals surface area (Å²) in [6.45, 7) is 5.05. The van der Waals surface area contributed by atoms with Crippen LogP contribution in [0.5, 0.6) is 0 Å². The Morgan fingerprint density at radius 1 is 0.808 bits per heavy atom. The van der Waals surface area contributed by atoms with Crippen molar-refractivity contribution >= 4 is 0 Å². The molecule has 140 valence electrons. The van der Waals surface area contributed by atoms with Crippen molar-refractivity contribution in [1.82, 2.24) is 0 Å². The van der Waals surface area contributed by atoms with Gasteiger partial charge >= 0.3 is 0 Å². The lowest BCUT2D eigenvalue weighted by Crippen LogP contribution is -2.56. The number of hydrogen-bond donors (Lipinski definition) is 1. The third kappa shape index (κ3) is 4.71. The van der Waals surface area contributed by atoms with E-state index in [1.54, 1.807) is 0 Å². The molecular weight excluding hydrogens is 328 g/mol. The van der Waals surface area contributed by atoms with Crippen molar-refractivity contribution in [3.05, 3.63) is 71.8 Å². The SMILES string of the molecule is CC1[C@H](C)OC(CO)[C@@H](OCc2ccccc2)[C@H]1OCc1ccccc1. The van der Waals surface area contributed by atoms with Gasteiger partial charge in [-0.3, -0.25) is 0 Å². The van der Waals surface area contributed by atoms with Crippen LogP contribution in [0.4, 0.5) is 0 Å². The summed E-state index contributed by atoms with van der Waals surface area (Å²) in [5.74, 6) is 0.169. The van der Waals surface area contributed by atoms with Crippen LogP contribution in [0.25, 0.3) is 0 Å². The van der Waals surface area contributed by atoms with Crippen LogP contribution in [-0.4, -0.2) is 36.1 Å². The fourth-order valence-corrected chi connectivity index (χ4v) is 3.38. The minimum Gasteiger partial charge on any atom is -0.394 e. The topological polar surface area (TPSA) is 47.9 Å². The van der Waals surface area contributed by atoms with Crippen LogP contribution in [0.2, 0.25) is 0 Å². The van der Waals surface area contributed by atoms with E-state index in [2.05, 4.69) is 19.1 Å². The Labute approximate surface area is 155 Å². The van der Waals surface area contributed by atoms with Crippen LogP contribution in [0.1, 0.15) is 25.0 Å². The molecule has 0 bridgehead atoms. The van der Waals surface area contributed by atoms with Crippen molar-refractivity contribution in [2.45, 2.75) is 51.5 Å². The van der Waals surface area contributed by atoms with Crippen LogP contribution in [0.3, 0.4) is 0 Å². The second-order valence-electron chi connectivity index (χ2n) is 6.94. The Morgan fingerprint density at radius 3 is 1.81 bits per heavy atom. The summed E-state index contributed by atoms with van der Waals surface area (Å²) in [6, 6.07) is 20.2. The number of benzene rings is 2. The van der Waals surface area contributed by atoms with Gasteiger partial charge in [-0.1, -0.05) is 67.6 Å². The Hall–Kier alpha value is -1.72. The van der Waals surface area contributed by atoms with Gasteiger partial charge in [0.15, 0.2) is 0 Å². The van der Waals surface area contributed by atoms with E-state index in [1.807, 2.05) is 55.5 Å². The Balaban J connectivity index is 1.71. The molecule has 1 fully saturated rings. The largest absolute Gasteiger partial charge is 0.394 e. The highest BCUT2D eigenvalue weighted by Gasteiger charge is 2.43. The van der Waals surface area contributed by atoms with Crippen LogP contribution in [0.15, 0.2) is 60.7 Å². The monoisotopic (exact) mass is 356 g/mol. The van der Waals surface area contributed by atoms with E-state index in [0.29, 0.717) is 13.2 Å². The summed E-state index contributed by atoms with van der Waals surface area (Å²) >= 11 is 0. The van der Waals surface area contributed by atoms with E-state index in [4.69, 9.17) is 14.2 Å². The first-order chi connectivity index (χ1) is 12.7. The normalized spacial score (nSPS) is 28.8. The molecule has 1 heterocycles. The number of aliphatic hydroxyl groups excluding tert-OH is 1. The first-order valence-electron chi connectivity index (χ1n) is 9.26. The standard InChI is InChI=1S/C22H28O4/c1-16-17(2)26-20(13-23)22(25-15-19-11-7-4-8-12-19)21(16)24-14-18-9-5-3-6-10-18/h3-12,16-17,20-23H,13-15H2,1-2H3/t16?,17-,20?,21-,22+/m0/s1. The zero-order valence-electron chi connectivity index (χ0n) is 15.5. The molecular formula is C22H28O4. The molecule has 4 heteroatoms. The maximum absolute atomic E-state index is 9.81. The van der Waals surface area contributed by atoms with Gasteiger partial charge in [-0.15, -0.1) is 0 Å². The molecule has 2 aromatic rings. The third-order valence-electron chi connectivity index (χ3n) is 5.09. The average Bonchev–Trinajstić information content (AvgIpc) is 2.69. The summed E-state index contributed by atoms with van der Waals surface area (Å²) < 4.78 is 18.4. The van der Waals surface area contributed by atoms with Crippen molar-refractivity contribution in [3.63, 3.8) is 0 Å². The second kappa shape index (κ2) is 9.28. The molecule has 0 spiro atoms. The molecule has 26 heavy (non-hydrogen) atoms. The predicted octanol–water partition coefficient (Wildman–Crippen LogP) is 3.57. The summed E-state index contributed by atoms with van der Waals surface area (Å²) in [5, 5.41) is 9.81. The molecule has 1 saturated heterocycles. The summed E-state index contributed by atoms with van der Waals surface area (Å²) in [5.41, 5.74) is 2.22. The zero-order valence-corrected chi connectivity index (χ0v) is 15.5. The lowest BCUT2D eigenvalue weighted by molar-refractivity contribution is -0.234. The van der Waals surface area contributed by atoms with Gasteiger partial charge in [0.25, 0.3) is 0 Å². The van der Waals surface area contributed by atoms with E-state index in [1.165, 1.54) is 0 Å². The quantitative estimate of drug-likeness (QED) is 0.824. The first-order valence-corrected chi connectivity index (χ1v) is 9.26. The smallest absolute Gasteiger partial charge is 0.113 e. The average molecular weight is 356 g/mol. The fourth-order valence-electron chi connectivity index (χ4n) is 3.38. The number of ether oxygens (including phenoxy) is 3. The Morgan fingerprint density at radius 2 is 1.31 bits per heavy atom. The maximum Gasteiger partial charge on any atom is 0.113 e. The second-order valence-corrected chi connectivity index (χ2v) is 6.94. The molecule has 2 aromatic carbocycles. The van der Waals surface area contributed by atoms with Gasteiger partial charge in [-0.25, -0.2) is 0 Å². The summed E-state index contributed by atoms with van der Waals surface area (Å²) in [7, 11) is 0. The van der Waals surface area contributed by atoms with Crippen molar-refractivity contribution in [2.75, 3.05) is 6.61 Å². The molecule has 0 aromatic heterocycles. The summed E-state index contributed by atoms with van der Waals surface area (Å²) in [4.78, 5) is 0. The molecule has 4 nitrogen and oxygen atoms in total. The molecule has 0 radical (unpaired) electrons. The van der Waals surface area contributed by atoms with E-state index in [0.717, 1.165) is 11.1 Å². The van der Waals surface area contributed by atoms with E-state index >= 15 is 0 Å². The minimum absolute atomic E-state index is 0.00417. The lowest BCUT2D eigenvalue weighted by atomic mass is 9.88. The number of aliphatic hydroxyl groups is 1. The molecule has 1 N–H and O–H groups in total. The minimum atomic E-state index is -0.384. The van der Waals surface area contributed by atoms with Gasteiger partial charge in [-0.2, -0.15) is 0 Å². The van der Waals surface area contributed by atoms with E-state index in [-0.39, 0.29) is 36.9 Å². The van der Waals surface area contributed by atoms with Crippen molar-refractivity contribution in [3.8, 4) is 0 Å². The molecule has 1 aliphatic heterocycles.